The Morgan fingerprint density at radius 1 is 1.32 bits per heavy atom. The highest BCUT2D eigenvalue weighted by Crippen LogP contribution is 2.48. The summed E-state index contributed by atoms with van der Waals surface area (Å²) in [6.45, 7) is 0. The van der Waals surface area contributed by atoms with E-state index < -0.39 is 0 Å². The molecule has 1 saturated carbocycles. The zero-order valence-electron chi connectivity index (χ0n) is 11.8. The average Bonchev–Trinajstić information content (AvgIpc) is 3.28. The van der Waals surface area contributed by atoms with Gasteiger partial charge in [0.15, 0.2) is 0 Å². The zero-order chi connectivity index (χ0) is 15.7. The normalized spacial score (nSPS) is 15.1. The first kappa shape index (κ1) is 14.6. The predicted octanol–water partition coefficient (Wildman–Crippen LogP) is 3.08. The van der Waals surface area contributed by atoms with Crippen LogP contribution >= 0.6 is 11.6 Å². The number of rotatable bonds is 4. The topological polar surface area (TPSA) is 79.8 Å². The van der Waals surface area contributed by atoms with Gasteiger partial charge in [-0.2, -0.15) is 5.26 Å². The molecular weight excluding hydrogens is 298 g/mol. The van der Waals surface area contributed by atoms with Crippen LogP contribution in [-0.2, 0) is 11.2 Å². The van der Waals surface area contributed by atoms with Gasteiger partial charge in [0.05, 0.1) is 16.0 Å². The van der Waals surface area contributed by atoms with Crippen LogP contribution < -0.4 is 5.73 Å². The van der Waals surface area contributed by atoms with Crippen LogP contribution in [0.5, 0.6) is 0 Å². The molecule has 1 aliphatic carbocycles. The minimum atomic E-state index is -0.386. The van der Waals surface area contributed by atoms with Crippen LogP contribution in [0, 0.1) is 16.7 Å². The van der Waals surface area contributed by atoms with E-state index in [-0.39, 0.29) is 11.3 Å². The van der Waals surface area contributed by atoms with E-state index in [4.69, 9.17) is 22.6 Å². The number of nitrogens with two attached hydrogens (primary N) is 1. The summed E-state index contributed by atoms with van der Waals surface area (Å²) in [4.78, 5) is 15.8. The second-order valence-corrected chi connectivity index (χ2v) is 6.12. The molecule has 2 aromatic rings. The number of pyridine rings is 1. The van der Waals surface area contributed by atoms with Gasteiger partial charge in [-0.3, -0.25) is 9.78 Å². The largest absolute Gasteiger partial charge is 0.369 e. The molecule has 5 heteroatoms. The Kier molecular flexibility index (Phi) is 3.59. The maximum Gasteiger partial charge on any atom is 0.223 e. The molecule has 1 aromatic carbocycles. The van der Waals surface area contributed by atoms with Crippen molar-refractivity contribution in [2.24, 2.45) is 11.1 Å². The first-order valence-corrected chi connectivity index (χ1v) is 7.36. The van der Waals surface area contributed by atoms with Crippen molar-refractivity contribution < 1.29 is 4.79 Å². The second-order valence-electron chi connectivity index (χ2n) is 5.71. The van der Waals surface area contributed by atoms with E-state index in [2.05, 4.69) is 4.98 Å². The Labute approximate surface area is 133 Å². The Hall–Kier alpha value is -2.38. The van der Waals surface area contributed by atoms with E-state index in [1.807, 2.05) is 18.2 Å². The number of primary amides is 1. The lowest BCUT2D eigenvalue weighted by Crippen LogP contribution is -2.26. The van der Waals surface area contributed by atoms with Crippen molar-refractivity contribution in [3.8, 4) is 17.2 Å². The van der Waals surface area contributed by atoms with E-state index >= 15 is 0 Å². The van der Waals surface area contributed by atoms with Gasteiger partial charge < -0.3 is 5.73 Å². The third-order valence-corrected chi connectivity index (χ3v) is 4.45. The van der Waals surface area contributed by atoms with Gasteiger partial charge in [0.25, 0.3) is 0 Å². The molecule has 1 fully saturated rings. The standard InChI is InChI=1S/C17H14ClN3O/c18-15-6-12(1-2-13(15)8-19)14-5-11(9-21-10-14)7-17(3-4-17)16(20)22/h1-2,5-6,9-10H,3-4,7H2,(H2,20,22). The first-order chi connectivity index (χ1) is 10.5. The summed E-state index contributed by atoms with van der Waals surface area (Å²) in [5, 5.41) is 9.34. The Bertz CT molecular complexity index is 791. The lowest BCUT2D eigenvalue weighted by Gasteiger charge is -2.11. The highest BCUT2D eigenvalue weighted by Gasteiger charge is 2.48. The predicted molar refractivity (Wildman–Crippen MR) is 84.0 cm³/mol. The van der Waals surface area contributed by atoms with Gasteiger partial charge in [-0.15, -0.1) is 0 Å². The average molecular weight is 312 g/mol. The summed E-state index contributed by atoms with van der Waals surface area (Å²) >= 11 is 6.07. The minimum absolute atomic E-state index is 0.237. The monoisotopic (exact) mass is 311 g/mol. The summed E-state index contributed by atoms with van der Waals surface area (Å²) in [6.07, 6.45) is 5.81. The lowest BCUT2D eigenvalue weighted by atomic mass is 9.95. The van der Waals surface area contributed by atoms with Crippen LogP contribution in [0.1, 0.15) is 24.0 Å². The molecule has 1 aromatic heterocycles. The van der Waals surface area contributed by atoms with E-state index in [0.717, 1.165) is 29.5 Å². The van der Waals surface area contributed by atoms with E-state index in [0.29, 0.717) is 17.0 Å². The molecule has 0 atom stereocenters. The molecule has 2 N–H and O–H groups in total. The molecule has 0 spiro atoms. The number of nitrogens with zero attached hydrogens (tertiary/aromatic N) is 2. The Morgan fingerprint density at radius 2 is 2.09 bits per heavy atom. The number of halogens is 1. The smallest absolute Gasteiger partial charge is 0.223 e. The van der Waals surface area contributed by atoms with Crippen LogP contribution in [0.4, 0.5) is 0 Å². The fourth-order valence-electron chi connectivity index (χ4n) is 2.58. The van der Waals surface area contributed by atoms with Gasteiger partial charge in [-0.25, -0.2) is 0 Å². The van der Waals surface area contributed by atoms with Crippen molar-refractivity contribution in [1.29, 1.82) is 5.26 Å². The number of nitriles is 1. The third kappa shape index (κ3) is 2.68. The van der Waals surface area contributed by atoms with E-state index in [1.54, 1.807) is 24.5 Å². The van der Waals surface area contributed by atoms with Crippen molar-refractivity contribution in [2.45, 2.75) is 19.3 Å². The lowest BCUT2D eigenvalue weighted by molar-refractivity contribution is -0.123. The molecule has 0 unspecified atom stereocenters. The SMILES string of the molecule is N#Cc1ccc(-c2cncc(CC3(C(N)=O)CC3)c2)cc1Cl. The summed E-state index contributed by atoms with van der Waals surface area (Å²) in [5.74, 6) is -0.237. The minimum Gasteiger partial charge on any atom is -0.369 e. The molecular formula is C17H14ClN3O. The summed E-state index contributed by atoms with van der Waals surface area (Å²) in [7, 11) is 0. The highest BCUT2D eigenvalue weighted by molar-refractivity contribution is 6.32. The van der Waals surface area contributed by atoms with Gasteiger partial charge in [0, 0.05) is 18.0 Å². The first-order valence-electron chi connectivity index (χ1n) is 6.98. The molecule has 4 nitrogen and oxygen atoms in total. The number of amides is 1. The maximum atomic E-state index is 11.5. The van der Waals surface area contributed by atoms with Crippen LogP contribution in [0.3, 0.4) is 0 Å². The molecule has 1 heterocycles. The van der Waals surface area contributed by atoms with Crippen molar-refractivity contribution >= 4 is 17.5 Å². The summed E-state index contributed by atoms with van der Waals surface area (Å²) in [5.41, 5.74) is 8.31. The Morgan fingerprint density at radius 3 is 2.68 bits per heavy atom. The van der Waals surface area contributed by atoms with Crippen LogP contribution in [0.25, 0.3) is 11.1 Å². The van der Waals surface area contributed by atoms with E-state index in [1.165, 1.54) is 0 Å². The van der Waals surface area contributed by atoms with Gasteiger partial charge in [-0.1, -0.05) is 17.7 Å². The number of hydrogen-bond acceptors (Lipinski definition) is 3. The fraction of sp³-hybridized carbons (Fsp3) is 0.235. The molecule has 0 radical (unpaired) electrons. The number of carbonyl (C=O) groups excluding carboxylic acids is 1. The molecule has 1 aliphatic rings. The van der Waals surface area contributed by atoms with Crippen LogP contribution in [-0.4, -0.2) is 10.9 Å². The van der Waals surface area contributed by atoms with Crippen molar-refractivity contribution in [3.05, 3.63) is 52.8 Å². The number of benzene rings is 1. The van der Waals surface area contributed by atoms with Crippen LogP contribution in [0.15, 0.2) is 36.7 Å². The van der Waals surface area contributed by atoms with Crippen molar-refractivity contribution in [1.82, 2.24) is 4.98 Å². The molecule has 3 rings (SSSR count). The van der Waals surface area contributed by atoms with E-state index in [9.17, 15) is 4.79 Å². The molecule has 0 aliphatic heterocycles. The van der Waals surface area contributed by atoms with Crippen molar-refractivity contribution in [2.75, 3.05) is 0 Å². The van der Waals surface area contributed by atoms with Gasteiger partial charge in [0.1, 0.15) is 6.07 Å². The maximum absolute atomic E-state index is 11.5. The van der Waals surface area contributed by atoms with Gasteiger partial charge >= 0.3 is 0 Å². The second kappa shape index (κ2) is 5.43. The number of hydrogen-bond donors (Lipinski definition) is 1. The van der Waals surface area contributed by atoms with Gasteiger partial charge in [-0.05, 0) is 48.6 Å². The molecule has 22 heavy (non-hydrogen) atoms. The number of aromatic nitrogens is 1. The molecule has 1 amide bonds. The molecule has 0 bridgehead atoms. The highest BCUT2D eigenvalue weighted by atomic mass is 35.5. The molecule has 110 valence electrons. The van der Waals surface area contributed by atoms with Crippen LogP contribution in [0.2, 0.25) is 5.02 Å². The number of carbonyl (C=O) groups is 1. The summed E-state index contributed by atoms with van der Waals surface area (Å²) in [6, 6.07) is 9.31. The zero-order valence-corrected chi connectivity index (χ0v) is 12.6. The van der Waals surface area contributed by atoms with Gasteiger partial charge in [0.2, 0.25) is 5.91 Å². The Balaban J connectivity index is 1.90. The quantitative estimate of drug-likeness (QED) is 0.942. The van der Waals surface area contributed by atoms with Crippen molar-refractivity contribution in [3.63, 3.8) is 0 Å². The fourth-order valence-corrected chi connectivity index (χ4v) is 2.80. The molecule has 0 saturated heterocycles. The summed E-state index contributed by atoms with van der Waals surface area (Å²) < 4.78 is 0. The third-order valence-electron chi connectivity index (χ3n) is 4.14.